The number of hydrogen-bond acceptors (Lipinski definition) is 6. The summed E-state index contributed by atoms with van der Waals surface area (Å²) < 4.78 is 4.74. The van der Waals surface area contributed by atoms with Crippen molar-refractivity contribution >= 4 is 23.8 Å². The first-order chi connectivity index (χ1) is 10.8. The van der Waals surface area contributed by atoms with Gasteiger partial charge in [0.05, 0.1) is 17.5 Å². The van der Waals surface area contributed by atoms with Crippen molar-refractivity contribution in [3.63, 3.8) is 0 Å². The van der Waals surface area contributed by atoms with E-state index in [9.17, 15) is 19.2 Å². The largest absolute Gasteiger partial charge is 0.462 e. The number of benzene rings is 1. The molecule has 1 aliphatic rings. The van der Waals surface area contributed by atoms with Gasteiger partial charge in [0.15, 0.2) is 0 Å². The highest BCUT2D eigenvalue weighted by atomic mass is 16.7. The van der Waals surface area contributed by atoms with Crippen molar-refractivity contribution in [2.45, 2.75) is 20.3 Å². The number of carbonyl (C=O) groups is 4. The Balaban J connectivity index is 1.95. The summed E-state index contributed by atoms with van der Waals surface area (Å²) in [6.45, 7) is 6.42. The van der Waals surface area contributed by atoms with Crippen molar-refractivity contribution in [2.24, 2.45) is 0 Å². The molecule has 7 nitrogen and oxygen atoms in total. The normalized spacial score (nSPS) is 12.9. The molecule has 0 bridgehead atoms. The molecule has 2 rings (SSSR count). The molecular weight excluding hydrogens is 302 g/mol. The highest BCUT2D eigenvalue weighted by molar-refractivity contribution is 6.21. The highest BCUT2D eigenvalue weighted by Gasteiger charge is 2.38. The predicted octanol–water partition coefficient (Wildman–Crippen LogP) is 1.56. The van der Waals surface area contributed by atoms with Crippen LogP contribution in [0, 0.1) is 6.92 Å². The molecule has 2 amide bonds. The highest BCUT2D eigenvalue weighted by Crippen LogP contribution is 2.24. The monoisotopic (exact) mass is 317 g/mol. The van der Waals surface area contributed by atoms with Crippen LogP contribution in [0.1, 0.15) is 39.6 Å². The lowest BCUT2D eigenvalue weighted by Gasteiger charge is -2.12. The lowest BCUT2D eigenvalue weighted by Crippen LogP contribution is -2.33. The van der Waals surface area contributed by atoms with Gasteiger partial charge in [0, 0.05) is 5.57 Å². The van der Waals surface area contributed by atoms with Crippen molar-refractivity contribution < 1.29 is 28.8 Å². The maximum Gasteiger partial charge on any atom is 0.336 e. The molecule has 120 valence electrons. The molecule has 1 aliphatic heterocycles. The van der Waals surface area contributed by atoms with Gasteiger partial charge < -0.3 is 9.57 Å². The minimum atomic E-state index is -0.856. The van der Waals surface area contributed by atoms with Gasteiger partial charge in [-0.3, -0.25) is 9.59 Å². The lowest BCUT2D eigenvalue weighted by atomic mass is 10.1. The van der Waals surface area contributed by atoms with E-state index in [1.807, 2.05) is 0 Å². The minimum absolute atomic E-state index is 0.183. The maximum atomic E-state index is 12.1. The molecule has 0 radical (unpaired) electrons. The van der Waals surface area contributed by atoms with E-state index in [1.165, 1.54) is 13.0 Å². The van der Waals surface area contributed by atoms with E-state index in [0.717, 1.165) is 5.56 Å². The van der Waals surface area contributed by atoms with Crippen LogP contribution in [0.25, 0.3) is 0 Å². The van der Waals surface area contributed by atoms with Gasteiger partial charge in [-0.1, -0.05) is 23.3 Å². The summed E-state index contributed by atoms with van der Waals surface area (Å²) in [6, 6.07) is 4.75. The van der Waals surface area contributed by atoms with Gasteiger partial charge in [0.2, 0.25) is 0 Å². The zero-order chi connectivity index (χ0) is 17.1. The molecule has 0 saturated heterocycles. The summed E-state index contributed by atoms with van der Waals surface area (Å²) in [6.07, 6.45) is -0.286. The predicted molar refractivity (Wildman–Crippen MR) is 78.2 cm³/mol. The number of esters is 1. The van der Waals surface area contributed by atoms with Crippen LogP contribution in [0.5, 0.6) is 0 Å². The average Bonchev–Trinajstić information content (AvgIpc) is 2.71. The van der Waals surface area contributed by atoms with E-state index in [-0.39, 0.29) is 29.7 Å². The summed E-state index contributed by atoms with van der Waals surface area (Å²) in [4.78, 5) is 51.8. The van der Waals surface area contributed by atoms with Gasteiger partial charge in [-0.05, 0) is 26.0 Å². The van der Waals surface area contributed by atoms with E-state index in [4.69, 9.17) is 9.57 Å². The first-order valence-corrected chi connectivity index (χ1v) is 6.84. The Morgan fingerprint density at radius 3 is 2.48 bits per heavy atom. The average molecular weight is 317 g/mol. The van der Waals surface area contributed by atoms with Crippen LogP contribution in [0.2, 0.25) is 0 Å². The fourth-order valence-corrected chi connectivity index (χ4v) is 1.91. The van der Waals surface area contributed by atoms with Gasteiger partial charge in [0.1, 0.15) is 6.61 Å². The Morgan fingerprint density at radius 1 is 1.17 bits per heavy atom. The number of amides is 2. The van der Waals surface area contributed by atoms with Crippen molar-refractivity contribution in [3.8, 4) is 0 Å². The zero-order valence-corrected chi connectivity index (χ0v) is 12.8. The van der Waals surface area contributed by atoms with Crippen LogP contribution in [-0.4, -0.2) is 35.4 Å². The molecule has 0 fully saturated rings. The fourth-order valence-electron chi connectivity index (χ4n) is 1.91. The fraction of sp³-hybridized carbons (Fsp3) is 0.250. The van der Waals surface area contributed by atoms with Gasteiger partial charge in [-0.25, -0.2) is 9.59 Å². The molecule has 0 N–H and O–H groups in total. The molecule has 1 aromatic rings. The summed E-state index contributed by atoms with van der Waals surface area (Å²) in [5, 5.41) is 0.424. The molecule has 0 unspecified atom stereocenters. The second-order valence-electron chi connectivity index (χ2n) is 5.08. The Kier molecular flexibility index (Phi) is 4.59. The Hall–Kier alpha value is -2.96. The standard InChI is InChI=1S/C16H15NO6/c1-9(2)16(21)22-7-6-13(18)23-17-14(19)11-5-4-10(3)8-12(11)15(17)20/h4-5,8H,1,6-7H2,2-3H3. The van der Waals surface area contributed by atoms with Crippen LogP contribution in [0.15, 0.2) is 30.4 Å². The van der Waals surface area contributed by atoms with E-state index >= 15 is 0 Å². The maximum absolute atomic E-state index is 12.1. The number of aryl methyl sites for hydroxylation is 1. The number of hydrogen-bond donors (Lipinski definition) is 0. The van der Waals surface area contributed by atoms with Crippen molar-refractivity contribution in [3.05, 3.63) is 47.0 Å². The SMILES string of the molecule is C=C(C)C(=O)OCCC(=O)ON1C(=O)c2ccc(C)cc2C1=O. The molecule has 0 atom stereocenters. The van der Waals surface area contributed by atoms with E-state index in [0.29, 0.717) is 5.06 Å². The third-order valence-corrected chi connectivity index (χ3v) is 3.09. The Bertz CT molecular complexity index is 721. The van der Waals surface area contributed by atoms with Crippen molar-refractivity contribution in [1.82, 2.24) is 5.06 Å². The van der Waals surface area contributed by atoms with Crippen LogP contribution >= 0.6 is 0 Å². The molecule has 0 aromatic heterocycles. The van der Waals surface area contributed by atoms with E-state index < -0.39 is 23.8 Å². The van der Waals surface area contributed by atoms with Crippen LogP contribution in [0.3, 0.4) is 0 Å². The Morgan fingerprint density at radius 2 is 1.83 bits per heavy atom. The minimum Gasteiger partial charge on any atom is -0.462 e. The molecule has 7 heteroatoms. The van der Waals surface area contributed by atoms with Gasteiger partial charge in [0.25, 0.3) is 11.8 Å². The molecule has 0 saturated carbocycles. The third-order valence-electron chi connectivity index (χ3n) is 3.09. The van der Waals surface area contributed by atoms with Gasteiger partial charge >= 0.3 is 11.9 Å². The summed E-state index contributed by atoms with van der Waals surface area (Å²) in [7, 11) is 0. The molecule has 0 aliphatic carbocycles. The molecular formula is C16H15NO6. The molecule has 1 heterocycles. The van der Waals surface area contributed by atoms with Gasteiger partial charge in [-0.15, -0.1) is 0 Å². The van der Waals surface area contributed by atoms with E-state index in [1.54, 1.807) is 19.1 Å². The summed E-state index contributed by atoms with van der Waals surface area (Å²) >= 11 is 0. The first-order valence-electron chi connectivity index (χ1n) is 6.84. The summed E-state index contributed by atoms with van der Waals surface area (Å²) in [5.74, 6) is -2.88. The zero-order valence-electron chi connectivity index (χ0n) is 12.8. The Labute approximate surface area is 132 Å². The summed E-state index contributed by atoms with van der Waals surface area (Å²) in [5.41, 5.74) is 1.39. The van der Waals surface area contributed by atoms with E-state index in [2.05, 4.69) is 6.58 Å². The lowest BCUT2D eigenvalue weighted by molar-refractivity contribution is -0.170. The van der Waals surface area contributed by atoms with Crippen molar-refractivity contribution in [1.29, 1.82) is 0 Å². The second kappa shape index (κ2) is 6.43. The number of nitrogens with zero attached hydrogens (tertiary/aromatic N) is 1. The number of fused-ring (bicyclic) bond motifs is 1. The molecule has 1 aromatic carbocycles. The number of hydroxylamine groups is 2. The van der Waals surface area contributed by atoms with Gasteiger partial charge in [-0.2, -0.15) is 0 Å². The molecule has 0 spiro atoms. The molecule has 23 heavy (non-hydrogen) atoms. The first kappa shape index (κ1) is 16.4. The smallest absolute Gasteiger partial charge is 0.336 e. The second-order valence-corrected chi connectivity index (χ2v) is 5.08. The number of rotatable bonds is 5. The van der Waals surface area contributed by atoms with Crippen molar-refractivity contribution in [2.75, 3.05) is 6.61 Å². The third kappa shape index (κ3) is 3.45. The van der Waals surface area contributed by atoms with Crippen LogP contribution in [0.4, 0.5) is 0 Å². The quantitative estimate of drug-likeness (QED) is 0.465. The van der Waals surface area contributed by atoms with Crippen LogP contribution < -0.4 is 0 Å². The van der Waals surface area contributed by atoms with Crippen LogP contribution in [-0.2, 0) is 19.2 Å². The topological polar surface area (TPSA) is 90.0 Å². The number of carbonyl (C=O) groups excluding carboxylic acids is 4. The number of imide groups is 1. The number of ether oxygens (including phenoxy) is 1.